The summed E-state index contributed by atoms with van der Waals surface area (Å²) in [6.07, 6.45) is 4.02. The molecule has 3 aromatic carbocycles. The number of carboxylic acids is 1. The molecule has 40 heavy (non-hydrogen) atoms. The molecule has 1 amide bonds. The molecule has 0 aliphatic rings. The Morgan fingerprint density at radius 3 is 2.42 bits per heavy atom. The molecular formula is C28H24Cl2NO7PS. The lowest BCUT2D eigenvalue weighted by Crippen LogP contribution is -2.42. The highest BCUT2D eigenvalue weighted by Gasteiger charge is 2.25. The van der Waals surface area contributed by atoms with Crippen molar-refractivity contribution in [1.29, 1.82) is 0 Å². The Labute approximate surface area is 240 Å². The first kappa shape index (κ1) is 29.6. The van der Waals surface area contributed by atoms with Crippen LogP contribution in [0.2, 0.25) is 10.0 Å². The van der Waals surface area contributed by atoms with E-state index in [1.165, 1.54) is 30.3 Å². The van der Waals surface area contributed by atoms with Crippen molar-refractivity contribution >= 4 is 74.4 Å². The van der Waals surface area contributed by atoms with Gasteiger partial charge in [0.15, 0.2) is 9.84 Å². The van der Waals surface area contributed by atoms with Crippen LogP contribution in [0.5, 0.6) is 0 Å². The predicted molar refractivity (Wildman–Crippen MR) is 157 cm³/mol. The molecule has 12 heteroatoms. The number of nitrogens with one attached hydrogen (secondary N) is 1. The first-order chi connectivity index (χ1) is 18.7. The smallest absolute Gasteiger partial charge is 0.326 e. The molecule has 1 aromatic heterocycles. The SMILES string of the molecule is CP(=O)(/C=C/c1cc(Cl)c(C(=O)N[C@@H](Cc2cccc(S(C)(=O)=O)c2)C(=O)O)c(Cl)c1)c1ccc2ccoc2c1. The molecule has 0 aliphatic carbocycles. The van der Waals surface area contributed by atoms with Gasteiger partial charge in [-0.15, -0.1) is 0 Å². The predicted octanol–water partition coefficient (Wildman–Crippen LogP) is 5.86. The molecule has 4 aromatic rings. The number of carboxylic acid groups (broad SMARTS) is 1. The summed E-state index contributed by atoms with van der Waals surface area (Å²) in [7, 11) is -6.43. The largest absolute Gasteiger partial charge is 0.480 e. The Bertz CT molecular complexity index is 1790. The molecule has 8 nitrogen and oxygen atoms in total. The molecular weight excluding hydrogens is 596 g/mol. The molecule has 208 valence electrons. The summed E-state index contributed by atoms with van der Waals surface area (Å²) in [5.41, 5.74) is 1.39. The third-order valence-electron chi connectivity index (χ3n) is 6.17. The summed E-state index contributed by atoms with van der Waals surface area (Å²) in [4.78, 5) is 24.9. The van der Waals surface area contributed by atoms with E-state index in [0.717, 1.165) is 11.6 Å². The highest BCUT2D eigenvalue weighted by Crippen LogP contribution is 2.43. The van der Waals surface area contributed by atoms with Crippen molar-refractivity contribution in [3.63, 3.8) is 0 Å². The van der Waals surface area contributed by atoms with Crippen molar-refractivity contribution in [3.8, 4) is 0 Å². The zero-order valence-electron chi connectivity index (χ0n) is 21.3. The molecule has 0 aliphatic heterocycles. The van der Waals surface area contributed by atoms with E-state index < -0.39 is 34.9 Å². The third kappa shape index (κ3) is 6.85. The van der Waals surface area contributed by atoms with Gasteiger partial charge in [0, 0.05) is 23.4 Å². The lowest BCUT2D eigenvalue weighted by atomic mass is 10.0. The number of furan rings is 1. The molecule has 0 radical (unpaired) electrons. The number of hydrogen-bond acceptors (Lipinski definition) is 6. The van der Waals surface area contributed by atoms with E-state index in [9.17, 15) is 27.7 Å². The van der Waals surface area contributed by atoms with E-state index in [0.29, 0.717) is 22.0 Å². The minimum absolute atomic E-state index is 0.0317. The van der Waals surface area contributed by atoms with E-state index in [2.05, 4.69) is 5.32 Å². The van der Waals surface area contributed by atoms with Gasteiger partial charge in [-0.2, -0.15) is 0 Å². The number of rotatable bonds is 9. The maximum atomic E-state index is 13.4. The Hall–Kier alpha value is -3.36. The van der Waals surface area contributed by atoms with Crippen LogP contribution < -0.4 is 10.6 Å². The van der Waals surface area contributed by atoms with Gasteiger partial charge in [0.2, 0.25) is 0 Å². The van der Waals surface area contributed by atoms with E-state index in [1.54, 1.807) is 43.0 Å². The number of fused-ring (bicyclic) bond motifs is 1. The van der Waals surface area contributed by atoms with Gasteiger partial charge in [0.1, 0.15) is 18.8 Å². The van der Waals surface area contributed by atoms with E-state index in [4.69, 9.17) is 27.6 Å². The minimum atomic E-state index is -3.50. The molecule has 0 bridgehead atoms. The lowest BCUT2D eigenvalue weighted by molar-refractivity contribution is -0.139. The van der Waals surface area contributed by atoms with Crippen molar-refractivity contribution in [2.75, 3.05) is 12.9 Å². The summed E-state index contributed by atoms with van der Waals surface area (Å²) in [6.45, 7) is 1.61. The Balaban J connectivity index is 1.53. The van der Waals surface area contributed by atoms with Crippen molar-refractivity contribution in [1.82, 2.24) is 5.32 Å². The first-order valence-corrected chi connectivity index (χ1v) is 16.7. The second kappa shape index (κ2) is 11.6. The second-order valence-electron chi connectivity index (χ2n) is 9.30. The molecule has 2 atom stereocenters. The number of amides is 1. The Morgan fingerprint density at radius 1 is 1.07 bits per heavy atom. The number of benzene rings is 3. The number of sulfone groups is 1. The molecule has 0 saturated carbocycles. The molecule has 4 rings (SSSR count). The van der Waals surface area contributed by atoms with Crippen LogP contribution in [0.4, 0.5) is 0 Å². The van der Waals surface area contributed by atoms with Crippen molar-refractivity contribution in [3.05, 3.63) is 99.5 Å². The molecule has 1 unspecified atom stereocenters. The summed E-state index contributed by atoms with van der Waals surface area (Å²) in [5.74, 6) is -0.592. The molecule has 0 spiro atoms. The highest BCUT2D eigenvalue weighted by atomic mass is 35.5. The van der Waals surface area contributed by atoms with Crippen LogP contribution >= 0.6 is 30.3 Å². The molecule has 0 saturated heterocycles. The topological polar surface area (TPSA) is 131 Å². The van der Waals surface area contributed by atoms with Gasteiger partial charge in [-0.25, -0.2) is 13.2 Å². The van der Waals surface area contributed by atoms with Crippen LogP contribution in [-0.2, 0) is 25.6 Å². The zero-order valence-corrected chi connectivity index (χ0v) is 24.5. The standard InChI is InChI=1S/C28H24Cl2NO7PS/c1-39(35,20-7-6-19-8-10-38-25(19)16-20)11-9-18-13-22(29)26(23(30)14-18)27(32)31-24(28(33)34)15-17-4-3-5-21(12-17)40(2,36)37/h3-14,16,24H,15H2,1-2H3,(H,31,32)(H,33,34)/b11-9+/t24-,39?/m0/s1. The third-order valence-corrected chi connectivity index (χ3v) is 9.89. The van der Waals surface area contributed by atoms with E-state index in [-0.39, 0.29) is 26.9 Å². The summed E-state index contributed by atoms with van der Waals surface area (Å²) in [5, 5.41) is 13.5. The van der Waals surface area contributed by atoms with Gasteiger partial charge in [-0.05, 0) is 60.0 Å². The Morgan fingerprint density at radius 2 is 1.77 bits per heavy atom. The fraction of sp³-hybridized carbons (Fsp3) is 0.143. The number of halogens is 2. The zero-order chi connectivity index (χ0) is 29.2. The number of aliphatic carboxylic acids is 1. The van der Waals surface area contributed by atoms with Crippen LogP contribution in [0, 0.1) is 0 Å². The van der Waals surface area contributed by atoms with Gasteiger partial charge in [-0.1, -0.05) is 53.5 Å². The normalized spacial score (nSPS) is 14.2. The summed E-state index contributed by atoms with van der Waals surface area (Å²) < 4.78 is 42.4. The monoisotopic (exact) mass is 619 g/mol. The van der Waals surface area contributed by atoms with Crippen molar-refractivity contribution in [2.45, 2.75) is 17.4 Å². The molecule has 2 N–H and O–H groups in total. The van der Waals surface area contributed by atoms with Gasteiger partial charge in [0.05, 0.1) is 26.8 Å². The number of hydrogen-bond donors (Lipinski definition) is 2. The maximum absolute atomic E-state index is 13.4. The van der Waals surface area contributed by atoms with Gasteiger partial charge in [-0.3, -0.25) is 4.79 Å². The lowest BCUT2D eigenvalue weighted by Gasteiger charge is -2.16. The van der Waals surface area contributed by atoms with Crippen LogP contribution in [0.3, 0.4) is 0 Å². The molecule has 0 fully saturated rings. The van der Waals surface area contributed by atoms with Gasteiger partial charge in [0.25, 0.3) is 5.91 Å². The second-order valence-corrected chi connectivity index (χ2v) is 14.9. The van der Waals surface area contributed by atoms with Crippen molar-refractivity contribution < 1.29 is 32.1 Å². The first-order valence-electron chi connectivity index (χ1n) is 11.8. The van der Waals surface area contributed by atoms with Crippen LogP contribution in [0.15, 0.2) is 82.1 Å². The van der Waals surface area contributed by atoms with Crippen LogP contribution in [-0.4, -0.2) is 44.4 Å². The number of carbonyl (C=O) groups excluding carboxylic acids is 1. The summed E-state index contributed by atoms with van der Waals surface area (Å²) in [6, 6.07) is 14.5. The minimum Gasteiger partial charge on any atom is -0.480 e. The fourth-order valence-electron chi connectivity index (χ4n) is 4.01. The Kier molecular flexibility index (Phi) is 8.61. The molecule has 1 heterocycles. The average Bonchev–Trinajstić information content (AvgIpc) is 3.34. The van der Waals surface area contributed by atoms with Crippen LogP contribution in [0.25, 0.3) is 17.0 Å². The van der Waals surface area contributed by atoms with E-state index in [1.807, 2.05) is 12.1 Å². The highest BCUT2D eigenvalue weighted by molar-refractivity contribution is 7.90. The van der Waals surface area contributed by atoms with E-state index >= 15 is 0 Å². The maximum Gasteiger partial charge on any atom is 0.326 e. The quantitative estimate of drug-likeness (QED) is 0.224. The average molecular weight is 620 g/mol. The van der Waals surface area contributed by atoms with Gasteiger partial charge < -0.3 is 19.4 Å². The fourth-order valence-corrected chi connectivity index (χ4v) is 6.75. The van der Waals surface area contributed by atoms with Crippen LogP contribution in [0.1, 0.15) is 21.5 Å². The summed E-state index contributed by atoms with van der Waals surface area (Å²) >= 11 is 12.7. The van der Waals surface area contributed by atoms with Crippen molar-refractivity contribution in [2.24, 2.45) is 0 Å². The van der Waals surface area contributed by atoms with Gasteiger partial charge >= 0.3 is 5.97 Å². The number of carbonyl (C=O) groups is 2.